The van der Waals surface area contributed by atoms with Crippen molar-refractivity contribution in [3.8, 4) is 17.1 Å². The van der Waals surface area contributed by atoms with E-state index in [0.717, 1.165) is 72.0 Å². The van der Waals surface area contributed by atoms with E-state index in [0.29, 0.717) is 42.2 Å². The van der Waals surface area contributed by atoms with Gasteiger partial charge in [-0.05, 0) is 68.9 Å². The highest BCUT2D eigenvalue weighted by atomic mass is 31.2. The zero-order valence-corrected chi connectivity index (χ0v) is 23.7. The van der Waals surface area contributed by atoms with Crippen LogP contribution in [0.15, 0.2) is 36.5 Å². The number of amides is 1. The molecule has 39 heavy (non-hydrogen) atoms. The van der Waals surface area contributed by atoms with E-state index in [1.54, 1.807) is 23.0 Å². The highest BCUT2D eigenvalue weighted by Gasteiger charge is 2.28. The summed E-state index contributed by atoms with van der Waals surface area (Å²) in [5, 5.41) is 8.39. The van der Waals surface area contributed by atoms with Crippen LogP contribution in [0.5, 0.6) is 5.88 Å². The van der Waals surface area contributed by atoms with E-state index < -0.39 is 7.14 Å². The summed E-state index contributed by atoms with van der Waals surface area (Å²) in [4.78, 5) is 23.1. The summed E-state index contributed by atoms with van der Waals surface area (Å²) < 4.78 is 23.8. The number of anilines is 1. The fourth-order valence-corrected chi connectivity index (χ4v) is 8.73. The van der Waals surface area contributed by atoms with Crippen LogP contribution < -0.4 is 15.4 Å². The topological polar surface area (TPSA) is 104 Å². The van der Waals surface area contributed by atoms with E-state index in [4.69, 9.17) is 9.72 Å². The lowest BCUT2D eigenvalue weighted by molar-refractivity contribution is 0.102. The third-order valence-electron chi connectivity index (χ3n) is 7.92. The maximum atomic E-state index is 13.8. The molecule has 6 rings (SSSR count). The predicted molar refractivity (Wildman–Crippen MR) is 154 cm³/mol. The summed E-state index contributed by atoms with van der Waals surface area (Å²) >= 11 is 0. The van der Waals surface area contributed by atoms with E-state index in [9.17, 15) is 9.36 Å². The molecule has 2 bridgehead atoms. The van der Waals surface area contributed by atoms with E-state index in [-0.39, 0.29) is 5.91 Å². The number of pyridine rings is 1. The third kappa shape index (κ3) is 5.00. The molecule has 0 radical (unpaired) electrons. The minimum atomic E-state index is -2.40. The molecule has 3 aromatic heterocycles. The van der Waals surface area contributed by atoms with Gasteiger partial charge in [-0.2, -0.15) is 5.10 Å². The molecule has 1 atom stereocenters. The lowest BCUT2D eigenvalue weighted by atomic mass is 10.1. The van der Waals surface area contributed by atoms with Crippen LogP contribution in [0.4, 0.5) is 5.95 Å². The summed E-state index contributed by atoms with van der Waals surface area (Å²) in [5.74, 6) is 1.20. The number of carbonyl (C=O) groups is 1. The Morgan fingerprint density at radius 1 is 1.08 bits per heavy atom. The van der Waals surface area contributed by atoms with Crippen LogP contribution in [0.25, 0.3) is 22.3 Å². The van der Waals surface area contributed by atoms with Gasteiger partial charge in [0.2, 0.25) is 11.8 Å². The Labute approximate surface area is 228 Å². The SMILES string of the molecule is Cc1cc2cc(n1)-c1cnn(C)c1OCCC[C@@H](C)Cn1c(nc3ccc(P4(=O)CCCCC4)cc31)NC2=O. The molecule has 0 saturated carbocycles. The first-order valence-corrected chi connectivity index (χ1v) is 15.9. The minimum absolute atomic E-state index is 0.257. The summed E-state index contributed by atoms with van der Waals surface area (Å²) in [6, 6.07) is 9.55. The van der Waals surface area contributed by atoms with Gasteiger partial charge in [0.15, 0.2) is 0 Å². The smallest absolute Gasteiger partial charge is 0.258 e. The zero-order valence-electron chi connectivity index (χ0n) is 22.8. The number of benzene rings is 1. The predicted octanol–water partition coefficient (Wildman–Crippen LogP) is 5.37. The number of hydrogen-bond acceptors (Lipinski definition) is 6. The van der Waals surface area contributed by atoms with Gasteiger partial charge in [0.25, 0.3) is 5.91 Å². The number of carbonyl (C=O) groups excluding carboxylic acids is 1. The van der Waals surface area contributed by atoms with Crippen LogP contribution in [-0.4, -0.2) is 49.2 Å². The van der Waals surface area contributed by atoms with Crippen molar-refractivity contribution in [2.45, 2.75) is 52.5 Å². The average molecular weight is 547 g/mol. The Morgan fingerprint density at radius 3 is 2.72 bits per heavy atom. The number of imidazole rings is 1. The molecule has 1 aromatic carbocycles. The second-order valence-electron chi connectivity index (χ2n) is 11.0. The summed E-state index contributed by atoms with van der Waals surface area (Å²) in [5.41, 5.74) is 4.32. The Balaban J connectivity index is 1.44. The van der Waals surface area contributed by atoms with Gasteiger partial charge in [-0.15, -0.1) is 0 Å². The Hall–Kier alpha value is -3.45. The Morgan fingerprint density at radius 2 is 1.90 bits per heavy atom. The van der Waals surface area contributed by atoms with Crippen molar-refractivity contribution < 1.29 is 14.1 Å². The number of rotatable bonds is 1. The van der Waals surface area contributed by atoms with Crippen molar-refractivity contribution in [2.24, 2.45) is 13.0 Å². The summed E-state index contributed by atoms with van der Waals surface area (Å²) in [7, 11) is -0.556. The molecule has 4 aromatic rings. The van der Waals surface area contributed by atoms with Crippen LogP contribution in [0, 0.1) is 12.8 Å². The van der Waals surface area contributed by atoms with E-state index in [1.807, 2.05) is 26.1 Å². The van der Waals surface area contributed by atoms with E-state index in [2.05, 4.69) is 33.0 Å². The van der Waals surface area contributed by atoms with E-state index in [1.165, 1.54) is 0 Å². The first kappa shape index (κ1) is 25.8. The summed E-state index contributed by atoms with van der Waals surface area (Å²) in [6.45, 7) is 5.31. The fraction of sp³-hybridized carbons (Fsp3) is 0.448. The standard InChI is InChI=1S/C29H35N6O3P/c1-19-8-7-11-38-28-23(17-30-34(28)3)25-15-21(14-20(2)31-25)27(36)33-29-32-24-10-9-22(16-26(24)35(29)18-19)39(37)12-5-4-6-13-39/h9-10,14-17,19H,4-8,11-13,18H2,1-3H3,(H,32,33,36)/t19-/m1/s1. The zero-order chi connectivity index (χ0) is 27.1. The molecule has 204 valence electrons. The number of ether oxygens (including phenoxy) is 1. The number of nitrogens with one attached hydrogen (secondary N) is 1. The molecule has 10 heteroatoms. The molecule has 1 N–H and O–H groups in total. The van der Waals surface area contributed by atoms with Crippen molar-refractivity contribution in [1.82, 2.24) is 24.3 Å². The van der Waals surface area contributed by atoms with Crippen molar-refractivity contribution in [3.63, 3.8) is 0 Å². The van der Waals surface area contributed by atoms with Gasteiger partial charge in [0.05, 0.1) is 35.1 Å². The van der Waals surface area contributed by atoms with Crippen LogP contribution in [-0.2, 0) is 18.2 Å². The van der Waals surface area contributed by atoms with Crippen LogP contribution >= 0.6 is 7.14 Å². The van der Waals surface area contributed by atoms with Gasteiger partial charge in [-0.25, -0.2) is 9.67 Å². The fourth-order valence-electron chi connectivity index (χ4n) is 5.81. The van der Waals surface area contributed by atoms with Gasteiger partial charge >= 0.3 is 0 Å². The van der Waals surface area contributed by atoms with Crippen molar-refractivity contribution in [2.75, 3.05) is 24.2 Å². The first-order chi connectivity index (χ1) is 18.8. The van der Waals surface area contributed by atoms with Crippen molar-refractivity contribution >= 4 is 35.3 Å². The number of aryl methyl sites for hydroxylation is 2. The Kier molecular flexibility index (Phi) is 6.79. The van der Waals surface area contributed by atoms with Gasteiger partial charge in [-0.1, -0.05) is 13.3 Å². The molecule has 9 nitrogen and oxygen atoms in total. The second-order valence-corrected chi connectivity index (χ2v) is 14.2. The average Bonchev–Trinajstić information content (AvgIpc) is 3.45. The molecule has 1 saturated heterocycles. The van der Waals surface area contributed by atoms with E-state index >= 15 is 0 Å². The first-order valence-electron chi connectivity index (χ1n) is 13.8. The van der Waals surface area contributed by atoms with Crippen LogP contribution in [0.2, 0.25) is 0 Å². The maximum Gasteiger partial charge on any atom is 0.258 e. The molecule has 0 spiro atoms. The molecule has 2 aliphatic rings. The quantitative estimate of drug-likeness (QED) is 0.322. The molecular formula is C29H35N6O3P. The minimum Gasteiger partial charge on any atom is -0.477 e. The van der Waals surface area contributed by atoms with Gasteiger partial charge in [0, 0.05) is 42.5 Å². The Bertz CT molecular complexity index is 1600. The molecule has 5 heterocycles. The normalized spacial score (nSPS) is 19.8. The van der Waals surface area contributed by atoms with Gasteiger partial charge in [0.1, 0.15) is 7.14 Å². The van der Waals surface area contributed by atoms with Gasteiger partial charge in [-0.3, -0.25) is 15.1 Å². The maximum absolute atomic E-state index is 13.8. The largest absolute Gasteiger partial charge is 0.477 e. The molecule has 1 fully saturated rings. The molecule has 0 aliphatic carbocycles. The number of fused-ring (bicyclic) bond motifs is 7. The van der Waals surface area contributed by atoms with Gasteiger partial charge < -0.3 is 13.9 Å². The second kappa shape index (κ2) is 10.3. The number of hydrogen-bond donors (Lipinski definition) is 1. The van der Waals surface area contributed by atoms with Crippen LogP contribution in [0.1, 0.15) is 55.1 Å². The lowest BCUT2D eigenvalue weighted by Crippen LogP contribution is -2.19. The lowest BCUT2D eigenvalue weighted by Gasteiger charge is -2.23. The highest BCUT2D eigenvalue weighted by molar-refractivity contribution is 7.71. The summed E-state index contributed by atoms with van der Waals surface area (Å²) in [6.07, 6.45) is 8.26. The highest BCUT2D eigenvalue weighted by Crippen LogP contribution is 2.49. The number of aromatic nitrogens is 5. The molecule has 2 aliphatic heterocycles. The van der Waals surface area contributed by atoms with Crippen molar-refractivity contribution in [1.29, 1.82) is 0 Å². The third-order valence-corrected chi connectivity index (χ3v) is 11.2. The number of nitrogens with zero attached hydrogens (tertiary/aromatic N) is 5. The van der Waals surface area contributed by atoms with Crippen LogP contribution in [0.3, 0.4) is 0 Å². The molecule has 0 unspecified atom stereocenters. The monoisotopic (exact) mass is 546 g/mol. The van der Waals surface area contributed by atoms with Crippen molar-refractivity contribution in [3.05, 3.63) is 47.8 Å². The molecular weight excluding hydrogens is 511 g/mol. The molecule has 1 amide bonds.